The van der Waals surface area contributed by atoms with E-state index in [-0.39, 0.29) is 19.0 Å². The number of nitrogens with one attached hydrogen (secondary N) is 1. The summed E-state index contributed by atoms with van der Waals surface area (Å²) in [4.78, 5) is 37.1. The van der Waals surface area contributed by atoms with Crippen LogP contribution in [-0.2, 0) is 52.3 Å². The van der Waals surface area contributed by atoms with Gasteiger partial charge in [0, 0.05) is 38.9 Å². The van der Waals surface area contributed by atoms with Crippen molar-refractivity contribution in [1.29, 1.82) is 0 Å². The molecule has 65 heavy (non-hydrogen) atoms. The van der Waals surface area contributed by atoms with E-state index in [4.69, 9.17) is 38.9 Å². The van der Waals surface area contributed by atoms with Gasteiger partial charge in [0.15, 0.2) is 12.6 Å². The van der Waals surface area contributed by atoms with Gasteiger partial charge in [0.05, 0.1) is 50.8 Å². The Hall–Kier alpha value is -2.35. The number of aliphatic hydroxyl groups is 11. The number of carbonyl (C=O) groups is 3. The fraction of sp³-hybridized carbons (Fsp3) is 0.925. The van der Waals surface area contributed by atoms with Gasteiger partial charge in [-0.2, -0.15) is 0 Å². The summed E-state index contributed by atoms with van der Waals surface area (Å²) >= 11 is 0. The van der Waals surface area contributed by atoms with E-state index in [1.54, 1.807) is 0 Å². The molecule has 0 aromatic heterocycles. The van der Waals surface area contributed by atoms with Crippen LogP contribution >= 0.6 is 0 Å². The van der Waals surface area contributed by atoms with Crippen molar-refractivity contribution in [2.24, 2.45) is 11.7 Å². The lowest BCUT2D eigenvalue weighted by atomic mass is 9.80. The molecule has 4 fully saturated rings. The molecule has 4 aliphatic rings. The van der Waals surface area contributed by atoms with Gasteiger partial charge in [0.2, 0.25) is 5.91 Å². The van der Waals surface area contributed by atoms with Crippen molar-refractivity contribution in [1.82, 2.24) is 5.32 Å². The van der Waals surface area contributed by atoms with Gasteiger partial charge in [0.1, 0.15) is 73.2 Å². The molecule has 0 aromatic carbocycles. The summed E-state index contributed by atoms with van der Waals surface area (Å²) in [7, 11) is 1.33. The third kappa shape index (κ3) is 13.7. The number of carboxylic acid groups (broad SMARTS) is 1. The summed E-state index contributed by atoms with van der Waals surface area (Å²) in [5, 5.41) is 131. The largest absolute Gasteiger partial charge is 0.477 e. The molecular formula is C40H70N2O23. The number of rotatable bonds is 23. The maximum atomic E-state index is 12.9. The summed E-state index contributed by atoms with van der Waals surface area (Å²) < 4.78 is 46.7. The molecule has 0 spiro atoms. The van der Waals surface area contributed by atoms with Crippen LogP contribution in [0.1, 0.15) is 71.6 Å². The molecule has 378 valence electrons. The minimum atomic E-state index is -2.99. The number of esters is 1. The Morgan fingerprint density at radius 3 is 2.08 bits per heavy atom. The zero-order valence-corrected chi connectivity index (χ0v) is 36.7. The molecule has 0 bridgehead atoms. The standard InChI is InChI=1S/C40H70N2O23/c1-17-27(50)31(54)32(55)38(60-17)63-35-26(42-18(2)46)37(59-11-9-7-5-4-6-8-10-24(49)58-3)62-23(16-45)33(35)61-22-12-19(14-43)28(51)36(30(22)53)65-40(39(56)57)13-20(47)25(41)34(64-40)29(52)21(48)15-44/h17,19-23,25-38,43-45,47-48,50-55H,4-16,41H2,1-3H3,(H,42,46)(H,56,57)/t17?,19?,20?,21-,22?,23?,25?,26?,27?,28?,29-,30?,31?,32?,33?,34?,35?,36?,37?,38?,40?/m1/s1. The van der Waals surface area contributed by atoms with Crippen molar-refractivity contribution in [2.75, 3.05) is 33.5 Å². The zero-order chi connectivity index (χ0) is 48.3. The first-order chi connectivity index (χ1) is 30.7. The first-order valence-corrected chi connectivity index (χ1v) is 21.9. The smallest absolute Gasteiger partial charge is 0.364 e. The summed E-state index contributed by atoms with van der Waals surface area (Å²) in [6.07, 6.45) is -25.9. The molecule has 0 radical (unpaired) electrons. The minimum absolute atomic E-state index is 0.0735. The third-order valence-corrected chi connectivity index (χ3v) is 12.4. The van der Waals surface area contributed by atoms with Gasteiger partial charge in [-0.3, -0.25) is 9.59 Å². The highest BCUT2D eigenvalue weighted by Gasteiger charge is 2.60. The van der Waals surface area contributed by atoms with E-state index in [1.165, 1.54) is 21.0 Å². The molecule has 25 nitrogen and oxygen atoms in total. The fourth-order valence-corrected chi connectivity index (χ4v) is 8.57. The van der Waals surface area contributed by atoms with Crippen molar-refractivity contribution in [3.05, 3.63) is 0 Å². The monoisotopic (exact) mass is 946 g/mol. The first-order valence-electron chi connectivity index (χ1n) is 21.9. The van der Waals surface area contributed by atoms with E-state index in [1.807, 2.05) is 0 Å². The normalized spacial score (nSPS) is 41.0. The maximum Gasteiger partial charge on any atom is 0.364 e. The number of carboxylic acids is 1. The Bertz CT molecular complexity index is 1490. The predicted octanol–water partition coefficient (Wildman–Crippen LogP) is -5.81. The first kappa shape index (κ1) is 55.2. The molecule has 1 aliphatic carbocycles. The number of methoxy groups -OCH3 is 1. The van der Waals surface area contributed by atoms with E-state index >= 15 is 0 Å². The number of amides is 1. The maximum absolute atomic E-state index is 12.9. The summed E-state index contributed by atoms with van der Waals surface area (Å²) in [5.74, 6) is -7.07. The van der Waals surface area contributed by atoms with Crippen molar-refractivity contribution in [3.8, 4) is 0 Å². The van der Waals surface area contributed by atoms with Crippen LogP contribution in [0.2, 0.25) is 0 Å². The molecule has 15 N–H and O–H groups in total. The van der Waals surface area contributed by atoms with Gasteiger partial charge in [-0.05, 0) is 26.2 Å². The van der Waals surface area contributed by atoms with E-state index in [9.17, 15) is 75.7 Å². The fourth-order valence-electron chi connectivity index (χ4n) is 8.57. The molecule has 1 saturated carbocycles. The molecule has 19 unspecified atom stereocenters. The van der Waals surface area contributed by atoms with Gasteiger partial charge in [-0.25, -0.2) is 4.79 Å². The molecule has 25 heteroatoms. The van der Waals surface area contributed by atoms with Crippen molar-refractivity contribution in [3.63, 3.8) is 0 Å². The Kier molecular flexibility index (Phi) is 21.5. The minimum Gasteiger partial charge on any atom is -0.477 e. The van der Waals surface area contributed by atoms with Crippen LogP contribution in [0.15, 0.2) is 0 Å². The lowest BCUT2D eigenvalue weighted by molar-refractivity contribution is -0.360. The quantitative estimate of drug-likeness (QED) is 0.0335. The van der Waals surface area contributed by atoms with E-state index in [0.29, 0.717) is 25.7 Å². The second-order valence-electron chi connectivity index (χ2n) is 17.2. The van der Waals surface area contributed by atoms with Crippen LogP contribution in [0.25, 0.3) is 0 Å². The molecule has 21 atom stereocenters. The Labute approximate surface area is 375 Å². The van der Waals surface area contributed by atoms with Gasteiger partial charge in [-0.1, -0.05) is 25.7 Å². The molecule has 3 aliphatic heterocycles. The number of ether oxygens (including phenoxy) is 8. The number of nitrogens with two attached hydrogens (primary N) is 1. The van der Waals surface area contributed by atoms with E-state index in [2.05, 4.69) is 10.1 Å². The molecule has 0 aromatic rings. The molecule has 3 heterocycles. The van der Waals surface area contributed by atoms with Crippen LogP contribution in [0, 0.1) is 5.92 Å². The van der Waals surface area contributed by atoms with E-state index < -0.39 is 166 Å². The van der Waals surface area contributed by atoms with Crippen LogP contribution in [0.3, 0.4) is 0 Å². The Balaban J connectivity index is 1.64. The topological polar surface area (TPSA) is 406 Å². The second kappa shape index (κ2) is 25.3. The van der Waals surface area contributed by atoms with Gasteiger partial charge in [0.25, 0.3) is 5.79 Å². The zero-order valence-electron chi connectivity index (χ0n) is 36.7. The number of carbonyl (C=O) groups excluding carboxylic acids is 2. The van der Waals surface area contributed by atoms with Crippen LogP contribution in [0.5, 0.6) is 0 Å². The number of aliphatic hydroxyl groups excluding tert-OH is 11. The van der Waals surface area contributed by atoms with Crippen LogP contribution < -0.4 is 11.1 Å². The molecule has 1 amide bonds. The summed E-state index contributed by atoms with van der Waals surface area (Å²) in [6.45, 7) is -0.0127. The van der Waals surface area contributed by atoms with Crippen LogP contribution in [-0.4, -0.2) is 235 Å². The average Bonchev–Trinajstić information content (AvgIpc) is 3.27. The van der Waals surface area contributed by atoms with Gasteiger partial charge in [-0.15, -0.1) is 0 Å². The van der Waals surface area contributed by atoms with Gasteiger partial charge >= 0.3 is 11.9 Å². The highest BCUT2D eigenvalue weighted by molar-refractivity contribution is 5.76. The van der Waals surface area contributed by atoms with Gasteiger partial charge < -0.3 is 110 Å². The lowest BCUT2D eigenvalue weighted by Gasteiger charge is -2.51. The van der Waals surface area contributed by atoms with Crippen molar-refractivity contribution >= 4 is 17.8 Å². The highest BCUT2D eigenvalue weighted by atomic mass is 16.7. The number of unbranched alkanes of at least 4 members (excludes halogenated alkanes) is 5. The molecule has 3 saturated heterocycles. The summed E-state index contributed by atoms with van der Waals surface area (Å²) in [6, 6.07) is -2.88. The Morgan fingerprint density at radius 2 is 1.48 bits per heavy atom. The number of hydrogen-bond donors (Lipinski definition) is 14. The molecular weight excluding hydrogens is 876 g/mol. The van der Waals surface area contributed by atoms with E-state index in [0.717, 1.165) is 19.3 Å². The number of aliphatic carboxylic acids is 1. The molecule has 4 rings (SSSR count). The van der Waals surface area contributed by atoms with Crippen molar-refractivity contribution < 1.29 is 114 Å². The SMILES string of the molecule is COC(=O)CCCCCCCCOC1OC(CO)C(OC2CC(CO)C(O)C(OC3(C(=O)O)CC(O)C(N)C([C@H](O)[C@H](O)CO)O3)C2O)C(OC2OC(C)C(O)C(O)C2O)C1NC(C)=O. The highest BCUT2D eigenvalue weighted by Crippen LogP contribution is 2.40. The summed E-state index contributed by atoms with van der Waals surface area (Å²) in [5.41, 5.74) is 5.98. The number of hydrogen-bond acceptors (Lipinski definition) is 23. The van der Waals surface area contributed by atoms with Crippen molar-refractivity contribution in [2.45, 2.75) is 194 Å². The second-order valence-corrected chi connectivity index (χ2v) is 17.2. The Morgan fingerprint density at radius 1 is 0.815 bits per heavy atom. The lowest BCUT2D eigenvalue weighted by Crippen LogP contribution is -2.70. The predicted molar refractivity (Wildman–Crippen MR) is 215 cm³/mol. The van der Waals surface area contributed by atoms with Crippen LogP contribution in [0.4, 0.5) is 0 Å². The average molecular weight is 947 g/mol. The third-order valence-electron chi connectivity index (χ3n) is 12.4.